The Kier molecular flexibility index (Phi) is 2.97. The van der Waals surface area contributed by atoms with Crippen molar-refractivity contribution in [3.05, 3.63) is 66.2 Å². The van der Waals surface area contributed by atoms with Crippen LogP contribution >= 0.6 is 0 Å². The molecule has 0 saturated carbocycles. The van der Waals surface area contributed by atoms with E-state index in [1.165, 1.54) is 5.56 Å². The van der Waals surface area contributed by atoms with Gasteiger partial charge < -0.3 is 5.32 Å². The minimum absolute atomic E-state index is 0.000208. The number of hydrogen-bond donors (Lipinski definition) is 1. The normalized spacial score (nSPS) is 17.9. The van der Waals surface area contributed by atoms with Crippen molar-refractivity contribution in [2.75, 3.05) is 13.1 Å². The van der Waals surface area contributed by atoms with Crippen LogP contribution in [0.1, 0.15) is 24.1 Å². The van der Waals surface area contributed by atoms with Crippen LogP contribution < -0.4 is 5.32 Å². The first-order chi connectivity index (χ1) is 10.4. The third-order valence-electron chi connectivity index (χ3n) is 4.51. The molecule has 0 amide bonds. The van der Waals surface area contributed by atoms with Crippen molar-refractivity contribution < 1.29 is 0 Å². The number of nitrogens with zero attached hydrogens (tertiary/aromatic N) is 3. The standard InChI is InChI=1S/C17H18N4/c1-2-5-14(6-3-1)17(7-10-18-11-8-17)15-13-21-12-4-9-19-16(21)20-15/h1-6,9,12-13,18H,7-8,10-11H2. The molecule has 1 aliphatic heterocycles. The number of aromatic nitrogens is 3. The maximum absolute atomic E-state index is 4.81. The highest BCUT2D eigenvalue weighted by Crippen LogP contribution is 2.39. The topological polar surface area (TPSA) is 42.2 Å². The maximum atomic E-state index is 4.81. The summed E-state index contributed by atoms with van der Waals surface area (Å²) < 4.78 is 2.02. The largest absolute Gasteiger partial charge is 0.317 e. The van der Waals surface area contributed by atoms with Gasteiger partial charge in [-0.2, -0.15) is 0 Å². The molecule has 1 aromatic carbocycles. The summed E-state index contributed by atoms with van der Waals surface area (Å²) in [4.78, 5) is 9.17. The van der Waals surface area contributed by atoms with Crippen molar-refractivity contribution in [3.63, 3.8) is 0 Å². The van der Waals surface area contributed by atoms with E-state index >= 15 is 0 Å². The highest BCUT2D eigenvalue weighted by Gasteiger charge is 2.37. The minimum Gasteiger partial charge on any atom is -0.317 e. The lowest BCUT2D eigenvalue weighted by atomic mass is 9.71. The van der Waals surface area contributed by atoms with E-state index in [4.69, 9.17) is 4.98 Å². The Hall–Kier alpha value is -2.20. The van der Waals surface area contributed by atoms with Crippen LogP contribution in [0.25, 0.3) is 5.78 Å². The predicted octanol–water partition coefficient (Wildman–Crippen LogP) is 2.40. The molecule has 2 aromatic heterocycles. The summed E-state index contributed by atoms with van der Waals surface area (Å²) in [7, 11) is 0. The molecule has 106 valence electrons. The van der Waals surface area contributed by atoms with Crippen LogP contribution in [0.15, 0.2) is 55.0 Å². The molecule has 21 heavy (non-hydrogen) atoms. The zero-order chi connectivity index (χ0) is 14.1. The highest BCUT2D eigenvalue weighted by molar-refractivity contribution is 5.41. The Balaban J connectivity index is 1.89. The minimum atomic E-state index is 0.000208. The second kappa shape index (κ2) is 4.97. The van der Waals surface area contributed by atoms with Gasteiger partial charge in [0.05, 0.1) is 5.69 Å². The molecule has 3 heterocycles. The van der Waals surface area contributed by atoms with Gasteiger partial charge in [0.15, 0.2) is 0 Å². The molecule has 1 saturated heterocycles. The lowest BCUT2D eigenvalue weighted by molar-refractivity contribution is 0.355. The number of nitrogens with one attached hydrogen (secondary N) is 1. The van der Waals surface area contributed by atoms with Crippen LogP contribution in [-0.4, -0.2) is 27.5 Å². The third-order valence-corrected chi connectivity index (χ3v) is 4.51. The number of fused-ring (bicyclic) bond motifs is 1. The van der Waals surface area contributed by atoms with Gasteiger partial charge in [0, 0.05) is 24.0 Å². The Morgan fingerprint density at radius 1 is 1.05 bits per heavy atom. The molecular formula is C17H18N4. The number of benzene rings is 1. The second-order valence-electron chi connectivity index (χ2n) is 5.65. The summed E-state index contributed by atoms with van der Waals surface area (Å²) in [6, 6.07) is 12.7. The first kappa shape index (κ1) is 12.5. The molecule has 0 spiro atoms. The van der Waals surface area contributed by atoms with E-state index in [1.54, 1.807) is 6.20 Å². The molecule has 4 heteroatoms. The van der Waals surface area contributed by atoms with E-state index in [-0.39, 0.29) is 5.41 Å². The van der Waals surface area contributed by atoms with Crippen molar-refractivity contribution in [2.45, 2.75) is 18.3 Å². The van der Waals surface area contributed by atoms with Gasteiger partial charge in [0.25, 0.3) is 0 Å². The molecule has 3 aromatic rings. The monoisotopic (exact) mass is 278 g/mol. The summed E-state index contributed by atoms with van der Waals surface area (Å²) in [5.74, 6) is 0.779. The zero-order valence-corrected chi connectivity index (χ0v) is 11.9. The Morgan fingerprint density at radius 3 is 2.62 bits per heavy atom. The van der Waals surface area contributed by atoms with Crippen molar-refractivity contribution in [3.8, 4) is 0 Å². The van der Waals surface area contributed by atoms with E-state index in [0.717, 1.165) is 37.4 Å². The molecular weight excluding hydrogens is 260 g/mol. The van der Waals surface area contributed by atoms with Gasteiger partial charge in [-0.15, -0.1) is 0 Å². The Morgan fingerprint density at radius 2 is 1.86 bits per heavy atom. The van der Waals surface area contributed by atoms with Crippen molar-refractivity contribution in [1.29, 1.82) is 0 Å². The van der Waals surface area contributed by atoms with Gasteiger partial charge in [-0.3, -0.25) is 4.40 Å². The predicted molar refractivity (Wildman–Crippen MR) is 82.3 cm³/mol. The fourth-order valence-corrected chi connectivity index (χ4v) is 3.36. The quantitative estimate of drug-likeness (QED) is 0.782. The lowest BCUT2D eigenvalue weighted by Crippen LogP contribution is -2.41. The third kappa shape index (κ3) is 2.03. The van der Waals surface area contributed by atoms with Gasteiger partial charge in [0.2, 0.25) is 5.78 Å². The Bertz CT molecular complexity index is 709. The van der Waals surface area contributed by atoms with Crippen LogP contribution in [0.3, 0.4) is 0 Å². The van der Waals surface area contributed by atoms with Crippen molar-refractivity contribution in [1.82, 2.24) is 19.7 Å². The zero-order valence-electron chi connectivity index (χ0n) is 11.9. The van der Waals surface area contributed by atoms with E-state index in [9.17, 15) is 0 Å². The second-order valence-corrected chi connectivity index (χ2v) is 5.65. The number of hydrogen-bond acceptors (Lipinski definition) is 3. The van der Waals surface area contributed by atoms with Gasteiger partial charge in [0.1, 0.15) is 0 Å². The number of imidazole rings is 1. The molecule has 4 rings (SSSR count). The fourth-order valence-electron chi connectivity index (χ4n) is 3.36. The smallest absolute Gasteiger partial charge is 0.233 e. The molecule has 1 aliphatic rings. The van der Waals surface area contributed by atoms with Crippen molar-refractivity contribution >= 4 is 5.78 Å². The summed E-state index contributed by atoms with van der Waals surface area (Å²) in [5.41, 5.74) is 2.49. The first-order valence-corrected chi connectivity index (χ1v) is 7.45. The van der Waals surface area contributed by atoms with Crippen LogP contribution in [0, 0.1) is 0 Å². The molecule has 0 atom stereocenters. The number of rotatable bonds is 2. The van der Waals surface area contributed by atoms with Crippen LogP contribution in [0.5, 0.6) is 0 Å². The van der Waals surface area contributed by atoms with Gasteiger partial charge in [-0.25, -0.2) is 9.97 Å². The molecule has 0 aliphatic carbocycles. The molecule has 0 unspecified atom stereocenters. The Labute approximate surface area is 123 Å². The van der Waals surface area contributed by atoms with E-state index in [0.29, 0.717) is 0 Å². The summed E-state index contributed by atoms with van der Waals surface area (Å²) in [5, 5.41) is 3.46. The average Bonchev–Trinajstić information content (AvgIpc) is 3.01. The summed E-state index contributed by atoms with van der Waals surface area (Å²) in [6.45, 7) is 2.05. The van der Waals surface area contributed by atoms with Gasteiger partial charge in [-0.1, -0.05) is 30.3 Å². The summed E-state index contributed by atoms with van der Waals surface area (Å²) in [6.07, 6.45) is 8.09. The summed E-state index contributed by atoms with van der Waals surface area (Å²) >= 11 is 0. The van der Waals surface area contributed by atoms with E-state index in [2.05, 4.69) is 46.8 Å². The maximum Gasteiger partial charge on any atom is 0.233 e. The van der Waals surface area contributed by atoms with E-state index < -0.39 is 0 Å². The van der Waals surface area contributed by atoms with Crippen molar-refractivity contribution in [2.24, 2.45) is 0 Å². The van der Waals surface area contributed by atoms with Gasteiger partial charge >= 0.3 is 0 Å². The fraction of sp³-hybridized carbons (Fsp3) is 0.294. The van der Waals surface area contributed by atoms with Crippen LogP contribution in [-0.2, 0) is 5.41 Å². The van der Waals surface area contributed by atoms with Crippen LogP contribution in [0.2, 0.25) is 0 Å². The molecule has 0 radical (unpaired) electrons. The first-order valence-electron chi connectivity index (χ1n) is 7.45. The molecule has 1 fully saturated rings. The lowest BCUT2D eigenvalue weighted by Gasteiger charge is -2.36. The van der Waals surface area contributed by atoms with Crippen LogP contribution in [0.4, 0.5) is 0 Å². The SMILES string of the molecule is c1ccc(C2(c3cn4cccnc4n3)CCNCC2)cc1. The number of piperidine rings is 1. The van der Waals surface area contributed by atoms with Gasteiger partial charge in [-0.05, 0) is 37.6 Å². The highest BCUT2D eigenvalue weighted by atomic mass is 15.1. The molecule has 0 bridgehead atoms. The molecule has 4 nitrogen and oxygen atoms in total. The molecule has 1 N–H and O–H groups in total. The van der Waals surface area contributed by atoms with E-state index in [1.807, 2.05) is 16.7 Å². The average molecular weight is 278 g/mol.